The fraction of sp³-hybridized carbons (Fsp3) is 0.0667. The molecule has 0 spiro atoms. The van der Waals surface area contributed by atoms with Gasteiger partial charge >= 0.3 is 5.97 Å². The average molecular weight is 333 g/mol. The predicted octanol–water partition coefficient (Wildman–Crippen LogP) is 3.23. The molecule has 4 nitrogen and oxygen atoms in total. The van der Waals surface area contributed by atoms with E-state index < -0.39 is 5.97 Å². The van der Waals surface area contributed by atoms with Gasteiger partial charge in [-0.05, 0) is 30.7 Å². The molecule has 20 heavy (non-hydrogen) atoms. The van der Waals surface area contributed by atoms with Gasteiger partial charge in [-0.15, -0.1) is 0 Å². The van der Waals surface area contributed by atoms with Crippen LogP contribution in [0.4, 0.5) is 0 Å². The molecule has 0 amide bonds. The number of nitrogens with two attached hydrogens (primary N) is 1. The molecule has 102 valence electrons. The van der Waals surface area contributed by atoms with E-state index in [2.05, 4.69) is 21.1 Å². The lowest BCUT2D eigenvalue weighted by Crippen LogP contribution is -2.15. The van der Waals surface area contributed by atoms with Gasteiger partial charge in [-0.1, -0.05) is 51.4 Å². The van der Waals surface area contributed by atoms with E-state index in [1.54, 1.807) is 24.3 Å². The summed E-state index contributed by atoms with van der Waals surface area (Å²) in [5, 5.41) is 3.68. The Labute approximate surface area is 125 Å². The number of benzene rings is 2. The molecule has 0 aliphatic carbocycles. The molecule has 5 heteroatoms. The molecule has 0 aliphatic heterocycles. The van der Waals surface area contributed by atoms with E-state index in [9.17, 15) is 4.79 Å². The van der Waals surface area contributed by atoms with Gasteiger partial charge in [0.1, 0.15) is 0 Å². The van der Waals surface area contributed by atoms with Crippen molar-refractivity contribution in [1.29, 1.82) is 0 Å². The zero-order valence-electron chi connectivity index (χ0n) is 10.8. The van der Waals surface area contributed by atoms with E-state index in [4.69, 9.17) is 10.6 Å². The molecule has 2 aromatic carbocycles. The lowest BCUT2D eigenvalue weighted by molar-refractivity contribution is 0.0515. The zero-order chi connectivity index (χ0) is 14.5. The van der Waals surface area contributed by atoms with E-state index in [1.165, 1.54) is 0 Å². The first-order valence-corrected chi connectivity index (χ1v) is 6.73. The molecule has 0 saturated heterocycles. The lowest BCUT2D eigenvalue weighted by Gasteiger charge is -2.03. The maximum absolute atomic E-state index is 11.9. The molecule has 0 radical (unpaired) electrons. The molecular weight excluding hydrogens is 320 g/mol. The molecule has 0 heterocycles. The summed E-state index contributed by atoms with van der Waals surface area (Å²) >= 11 is 3.34. The van der Waals surface area contributed by atoms with Crippen LogP contribution in [0.5, 0.6) is 0 Å². The Morgan fingerprint density at radius 1 is 1.20 bits per heavy atom. The van der Waals surface area contributed by atoms with Crippen molar-refractivity contribution in [3.05, 3.63) is 69.7 Å². The lowest BCUT2D eigenvalue weighted by atomic mass is 10.1. The summed E-state index contributed by atoms with van der Waals surface area (Å²) in [4.78, 5) is 16.7. The Morgan fingerprint density at radius 3 is 2.65 bits per heavy atom. The minimum Gasteiger partial charge on any atom is -0.380 e. The monoisotopic (exact) mass is 332 g/mol. The minimum atomic E-state index is -0.527. The van der Waals surface area contributed by atoms with E-state index in [0.29, 0.717) is 11.1 Å². The van der Waals surface area contributed by atoms with Gasteiger partial charge in [-0.3, -0.25) is 0 Å². The van der Waals surface area contributed by atoms with Crippen LogP contribution in [0.1, 0.15) is 21.5 Å². The van der Waals surface area contributed by atoms with Gasteiger partial charge in [0, 0.05) is 10.0 Å². The van der Waals surface area contributed by atoms with Gasteiger partial charge in [0.15, 0.2) is 5.84 Å². The van der Waals surface area contributed by atoms with Crippen molar-refractivity contribution in [2.45, 2.75) is 6.92 Å². The van der Waals surface area contributed by atoms with Crippen LogP contribution in [0.3, 0.4) is 0 Å². The maximum atomic E-state index is 11.9. The summed E-state index contributed by atoms with van der Waals surface area (Å²) in [7, 11) is 0. The number of carbonyl (C=O) groups excluding carboxylic acids is 1. The van der Waals surface area contributed by atoms with Crippen LogP contribution in [-0.4, -0.2) is 11.8 Å². The summed E-state index contributed by atoms with van der Waals surface area (Å²) in [6.45, 7) is 1.83. The average Bonchev–Trinajstić information content (AvgIpc) is 2.45. The van der Waals surface area contributed by atoms with Crippen molar-refractivity contribution < 1.29 is 9.63 Å². The number of hydrogen-bond acceptors (Lipinski definition) is 3. The van der Waals surface area contributed by atoms with Crippen molar-refractivity contribution in [2.75, 3.05) is 0 Å². The Balaban J connectivity index is 2.13. The summed E-state index contributed by atoms with van der Waals surface area (Å²) in [6, 6.07) is 14.4. The standard InChI is InChI=1S/C15H13BrN2O2/c1-10-5-2-3-8-13(10)15(19)20-18-14(17)11-6-4-7-12(16)9-11/h2-9H,1H3,(H2,17,18). The predicted molar refractivity (Wildman–Crippen MR) is 81.5 cm³/mol. The smallest absolute Gasteiger partial charge is 0.366 e. The second kappa shape index (κ2) is 6.34. The van der Waals surface area contributed by atoms with E-state index in [0.717, 1.165) is 10.0 Å². The van der Waals surface area contributed by atoms with Crippen molar-refractivity contribution in [2.24, 2.45) is 10.9 Å². The highest BCUT2D eigenvalue weighted by molar-refractivity contribution is 9.10. The summed E-state index contributed by atoms with van der Waals surface area (Å²) in [6.07, 6.45) is 0. The second-order valence-corrected chi connectivity index (χ2v) is 5.10. The first-order valence-electron chi connectivity index (χ1n) is 5.94. The van der Waals surface area contributed by atoms with Gasteiger partial charge in [-0.25, -0.2) is 4.79 Å². The molecular formula is C15H13BrN2O2. The summed E-state index contributed by atoms with van der Waals surface area (Å²) in [5.41, 5.74) is 7.76. The molecule has 2 aromatic rings. The molecule has 0 saturated carbocycles. The van der Waals surface area contributed by atoms with Crippen molar-refractivity contribution in [3.8, 4) is 0 Å². The largest absolute Gasteiger partial charge is 0.380 e. The highest BCUT2D eigenvalue weighted by Gasteiger charge is 2.10. The SMILES string of the molecule is Cc1ccccc1C(=O)ON=C(N)c1cccc(Br)c1. The Morgan fingerprint density at radius 2 is 1.95 bits per heavy atom. The zero-order valence-corrected chi connectivity index (χ0v) is 12.4. The van der Waals surface area contributed by atoms with Crippen LogP contribution in [0.15, 0.2) is 58.2 Å². The van der Waals surface area contributed by atoms with E-state index >= 15 is 0 Å². The first-order chi connectivity index (χ1) is 9.58. The van der Waals surface area contributed by atoms with Crippen molar-refractivity contribution in [3.63, 3.8) is 0 Å². The topological polar surface area (TPSA) is 64.7 Å². The normalized spacial score (nSPS) is 11.2. The third kappa shape index (κ3) is 3.45. The van der Waals surface area contributed by atoms with Crippen LogP contribution >= 0.6 is 15.9 Å². The molecule has 0 unspecified atom stereocenters. The fourth-order valence-corrected chi connectivity index (χ4v) is 2.04. The van der Waals surface area contributed by atoms with Gasteiger partial charge in [0.25, 0.3) is 0 Å². The number of rotatable bonds is 3. The number of oxime groups is 1. The Bertz CT molecular complexity index is 668. The van der Waals surface area contributed by atoms with Gasteiger partial charge in [-0.2, -0.15) is 0 Å². The number of nitrogens with zero attached hydrogens (tertiary/aromatic N) is 1. The van der Waals surface area contributed by atoms with Crippen LogP contribution in [-0.2, 0) is 4.84 Å². The molecule has 2 N–H and O–H groups in total. The minimum absolute atomic E-state index is 0.147. The number of aryl methyl sites for hydroxylation is 1. The number of carbonyl (C=O) groups is 1. The number of halogens is 1. The number of hydrogen-bond donors (Lipinski definition) is 1. The van der Waals surface area contributed by atoms with E-state index in [1.807, 2.05) is 31.2 Å². The van der Waals surface area contributed by atoms with Crippen LogP contribution in [0.25, 0.3) is 0 Å². The molecule has 0 fully saturated rings. The van der Waals surface area contributed by atoms with Gasteiger partial charge < -0.3 is 10.6 Å². The maximum Gasteiger partial charge on any atom is 0.366 e. The quantitative estimate of drug-likeness (QED) is 0.406. The first kappa shape index (κ1) is 14.3. The van der Waals surface area contributed by atoms with Gasteiger partial charge in [0.05, 0.1) is 5.56 Å². The number of amidine groups is 1. The van der Waals surface area contributed by atoms with Crippen LogP contribution in [0.2, 0.25) is 0 Å². The van der Waals surface area contributed by atoms with Gasteiger partial charge in [0.2, 0.25) is 0 Å². The van der Waals surface area contributed by atoms with E-state index in [-0.39, 0.29) is 5.84 Å². The molecule has 0 aliphatic rings. The molecule has 2 rings (SSSR count). The highest BCUT2D eigenvalue weighted by Crippen LogP contribution is 2.12. The van der Waals surface area contributed by atoms with Crippen LogP contribution < -0.4 is 5.73 Å². The van der Waals surface area contributed by atoms with Crippen molar-refractivity contribution >= 4 is 27.7 Å². The summed E-state index contributed by atoms with van der Waals surface area (Å²) in [5.74, 6) is -0.380. The molecule has 0 bridgehead atoms. The fourth-order valence-electron chi connectivity index (χ4n) is 1.64. The third-order valence-electron chi connectivity index (χ3n) is 2.71. The summed E-state index contributed by atoms with van der Waals surface area (Å²) < 4.78 is 0.874. The Hall–Kier alpha value is -2.14. The highest BCUT2D eigenvalue weighted by atomic mass is 79.9. The van der Waals surface area contributed by atoms with Crippen molar-refractivity contribution in [1.82, 2.24) is 0 Å². The molecule has 0 aromatic heterocycles. The Kier molecular flexibility index (Phi) is 4.53. The third-order valence-corrected chi connectivity index (χ3v) is 3.21. The second-order valence-electron chi connectivity index (χ2n) is 4.18. The molecule has 0 atom stereocenters. The van der Waals surface area contributed by atoms with Crippen LogP contribution in [0, 0.1) is 6.92 Å².